The van der Waals surface area contributed by atoms with Crippen LogP contribution in [0.1, 0.15) is 18.6 Å². The van der Waals surface area contributed by atoms with Crippen molar-refractivity contribution in [2.75, 3.05) is 6.61 Å². The van der Waals surface area contributed by atoms with Gasteiger partial charge in [-0.25, -0.2) is 0 Å². The Kier molecular flexibility index (Phi) is 4.74. The maximum absolute atomic E-state index is 9.75. The van der Waals surface area contributed by atoms with Crippen LogP contribution in [-0.2, 0) is 0 Å². The summed E-state index contributed by atoms with van der Waals surface area (Å²) in [4.78, 5) is 0. The van der Waals surface area contributed by atoms with Gasteiger partial charge in [-0.05, 0) is 25.1 Å². The van der Waals surface area contributed by atoms with E-state index in [0.29, 0.717) is 17.9 Å². The van der Waals surface area contributed by atoms with Gasteiger partial charge in [0.15, 0.2) is 6.10 Å². The fourth-order valence-corrected chi connectivity index (χ4v) is 1.66. The lowest BCUT2D eigenvalue weighted by molar-refractivity contribution is 0.0506. The summed E-state index contributed by atoms with van der Waals surface area (Å²) >= 11 is 3.26. The van der Waals surface area contributed by atoms with Gasteiger partial charge < -0.3 is 14.9 Å². The second-order valence-electron chi connectivity index (χ2n) is 3.13. The van der Waals surface area contributed by atoms with E-state index in [9.17, 15) is 10.2 Å². The van der Waals surface area contributed by atoms with Gasteiger partial charge in [0, 0.05) is 10.0 Å². The molecule has 16 heavy (non-hydrogen) atoms. The molecule has 0 aliphatic carbocycles. The highest BCUT2D eigenvalue weighted by molar-refractivity contribution is 9.10. The molecule has 0 aliphatic heterocycles. The van der Waals surface area contributed by atoms with E-state index in [4.69, 9.17) is 10.00 Å². The molecule has 2 unspecified atom stereocenters. The Balaban J connectivity index is 3.09. The van der Waals surface area contributed by atoms with Gasteiger partial charge in [0.05, 0.1) is 12.7 Å². The predicted octanol–water partition coefficient (Wildman–Crippen LogP) is 1.77. The van der Waals surface area contributed by atoms with E-state index in [0.717, 1.165) is 4.47 Å². The van der Waals surface area contributed by atoms with Crippen molar-refractivity contribution in [1.29, 1.82) is 5.26 Å². The Morgan fingerprint density at radius 1 is 1.50 bits per heavy atom. The van der Waals surface area contributed by atoms with Crippen molar-refractivity contribution in [3.05, 3.63) is 28.2 Å². The summed E-state index contributed by atoms with van der Waals surface area (Å²) in [6.07, 6.45) is -2.74. The molecule has 0 heterocycles. The van der Waals surface area contributed by atoms with Crippen LogP contribution in [-0.4, -0.2) is 22.9 Å². The Labute approximate surface area is 102 Å². The fourth-order valence-electron chi connectivity index (χ4n) is 1.28. The average molecular weight is 286 g/mol. The zero-order valence-corrected chi connectivity index (χ0v) is 10.3. The van der Waals surface area contributed by atoms with Crippen LogP contribution in [0.2, 0.25) is 0 Å². The number of aliphatic hydroxyl groups is 2. The molecule has 0 aromatic heterocycles. The first-order valence-electron chi connectivity index (χ1n) is 4.78. The molecule has 0 aliphatic rings. The summed E-state index contributed by atoms with van der Waals surface area (Å²) in [5, 5.41) is 27.6. The summed E-state index contributed by atoms with van der Waals surface area (Å²) in [7, 11) is 0. The van der Waals surface area contributed by atoms with E-state index in [1.807, 2.05) is 6.92 Å². The van der Waals surface area contributed by atoms with Crippen LogP contribution in [0.4, 0.5) is 0 Å². The molecular formula is C11H12BrNO3. The zero-order chi connectivity index (χ0) is 12.1. The molecule has 1 aromatic rings. The van der Waals surface area contributed by atoms with Gasteiger partial charge in [-0.2, -0.15) is 5.26 Å². The van der Waals surface area contributed by atoms with Crippen LogP contribution in [0.3, 0.4) is 0 Å². The molecule has 1 aromatic carbocycles. The van der Waals surface area contributed by atoms with Crippen molar-refractivity contribution in [1.82, 2.24) is 0 Å². The van der Waals surface area contributed by atoms with Crippen molar-refractivity contribution in [3.8, 4) is 11.8 Å². The monoisotopic (exact) mass is 285 g/mol. The number of aliphatic hydroxyl groups excluding tert-OH is 2. The van der Waals surface area contributed by atoms with Gasteiger partial charge in [0.25, 0.3) is 0 Å². The Morgan fingerprint density at radius 3 is 2.75 bits per heavy atom. The first-order valence-corrected chi connectivity index (χ1v) is 5.57. The summed E-state index contributed by atoms with van der Waals surface area (Å²) < 4.78 is 6.05. The van der Waals surface area contributed by atoms with Crippen LogP contribution >= 0.6 is 15.9 Å². The van der Waals surface area contributed by atoms with Crippen LogP contribution in [0.15, 0.2) is 22.7 Å². The van der Waals surface area contributed by atoms with Crippen molar-refractivity contribution in [3.63, 3.8) is 0 Å². The molecule has 0 spiro atoms. The minimum absolute atomic E-state index is 0.394. The molecule has 2 atom stereocenters. The third-order valence-electron chi connectivity index (χ3n) is 2.02. The number of rotatable bonds is 4. The molecular weight excluding hydrogens is 274 g/mol. The number of halogens is 1. The molecule has 0 amide bonds. The lowest BCUT2D eigenvalue weighted by atomic mass is 10.0. The first kappa shape index (κ1) is 13.0. The Morgan fingerprint density at radius 2 is 2.19 bits per heavy atom. The molecule has 0 radical (unpaired) electrons. The molecule has 1 rings (SSSR count). The molecule has 0 fully saturated rings. The summed E-state index contributed by atoms with van der Waals surface area (Å²) in [6.45, 7) is 2.27. The molecule has 0 saturated carbocycles. The molecule has 4 nitrogen and oxygen atoms in total. The van der Waals surface area contributed by atoms with Gasteiger partial charge in [-0.3, -0.25) is 0 Å². The number of nitrogens with zero attached hydrogens (tertiary/aromatic N) is 1. The molecule has 86 valence electrons. The van der Waals surface area contributed by atoms with Crippen LogP contribution in [0, 0.1) is 11.3 Å². The maximum atomic E-state index is 9.75. The van der Waals surface area contributed by atoms with E-state index in [1.165, 1.54) is 0 Å². The summed E-state index contributed by atoms with van der Waals surface area (Å²) in [5.74, 6) is 0.465. The second-order valence-corrected chi connectivity index (χ2v) is 4.05. The van der Waals surface area contributed by atoms with Gasteiger partial charge in [-0.15, -0.1) is 0 Å². The van der Waals surface area contributed by atoms with Crippen LogP contribution < -0.4 is 4.74 Å². The number of benzene rings is 1. The smallest absolute Gasteiger partial charge is 0.170 e. The maximum Gasteiger partial charge on any atom is 0.170 e. The third kappa shape index (κ3) is 2.95. The SMILES string of the molecule is CCOc1ccc(Br)cc1C(O)C(O)C#N. The van der Waals surface area contributed by atoms with E-state index >= 15 is 0 Å². The van der Waals surface area contributed by atoms with Gasteiger partial charge in [0.2, 0.25) is 0 Å². The molecule has 2 N–H and O–H groups in total. The summed E-state index contributed by atoms with van der Waals surface area (Å²) in [5.41, 5.74) is 0.394. The van der Waals surface area contributed by atoms with Gasteiger partial charge >= 0.3 is 0 Å². The third-order valence-corrected chi connectivity index (χ3v) is 2.51. The van der Waals surface area contributed by atoms with Crippen molar-refractivity contribution in [2.45, 2.75) is 19.1 Å². The van der Waals surface area contributed by atoms with Gasteiger partial charge in [-0.1, -0.05) is 15.9 Å². The van der Waals surface area contributed by atoms with Crippen molar-refractivity contribution >= 4 is 15.9 Å². The van der Waals surface area contributed by atoms with Crippen LogP contribution in [0.25, 0.3) is 0 Å². The quantitative estimate of drug-likeness (QED) is 0.827. The molecule has 0 bridgehead atoms. The number of ether oxygens (including phenoxy) is 1. The summed E-state index contributed by atoms with van der Waals surface area (Å²) in [6, 6.07) is 6.65. The number of hydrogen-bond acceptors (Lipinski definition) is 4. The van der Waals surface area contributed by atoms with E-state index < -0.39 is 12.2 Å². The van der Waals surface area contributed by atoms with Gasteiger partial charge in [0.1, 0.15) is 11.9 Å². The largest absolute Gasteiger partial charge is 0.493 e. The molecule has 5 heteroatoms. The Bertz CT molecular complexity index is 403. The molecule has 0 saturated heterocycles. The standard InChI is InChI=1S/C11H12BrNO3/c1-2-16-10-4-3-7(12)5-8(10)11(15)9(14)6-13/h3-5,9,11,14-15H,2H2,1H3. The lowest BCUT2D eigenvalue weighted by Gasteiger charge is -2.16. The second kappa shape index (κ2) is 5.85. The highest BCUT2D eigenvalue weighted by Crippen LogP contribution is 2.30. The minimum Gasteiger partial charge on any atom is -0.493 e. The van der Waals surface area contributed by atoms with E-state index in [1.54, 1.807) is 24.3 Å². The highest BCUT2D eigenvalue weighted by atomic mass is 79.9. The first-order chi connectivity index (χ1) is 7.60. The van der Waals surface area contributed by atoms with Crippen molar-refractivity contribution < 1.29 is 14.9 Å². The van der Waals surface area contributed by atoms with E-state index in [2.05, 4.69) is 15.9 Å². The minimum atomic E-state index is -1.46. The lowest BCUT2D eigenvalue weighted by Crippen LogP contribution is -2.16. The topological polar surface area (TPSA) is 73.5 Å². The highest BCUT2D eigenvalue weighted by Gasteiger charge is 2.21. The normalized spacial score (nSPS) is 13.9. The number of nitriles is 1. The Hall–Kier alpha value is -1.09. The zero-order valence-electron chi connectivity index (χ0n) is 8.72. The average Bonchev–Trinajstić information content (AvgIpc) is 2.29. The predicted molar refractivity (Wildman–Crippen MR) is 61.9 cm³/mol. The fraction of sp³-hybridized carbons (Fsp3) is 0.364. The van der Waals surface area contributed by atoms with Crippen LogP contribution in [0.5, 0.6) is 5.75 Å². The van der Waals surface area contributed by atoms with E-state index in [-0.39, 0.29) is 0 Å². The van der Waals surface area contributed by atoms with Crippen molar-refractivity contribution in [2.24, 2.45) is 0 Å². The number of hydrogen-bond donors (Lipinski definition) is 2.